The Kier molecular flexibility index (Phi) is 33.4. The molecule has 7 nitrogen and oxygen atoms in total. The van der Waals surface area contributed by atoms with Crippen molar-refractivity contribution in [1.29, 1.82) is 0 Å². The second kappa shape index (κ2) is 34.4. The molecule has 0 aliphatic heterocycles. The fourth-order valence-electron chi connectivity index (χ4n) is 4.63. The molecule has 0 aliphatic carbocycles. The van der Waals surface area contributed by atoms with Gasteiger partial charge in [0.15, 0.2) is 11.5 Å². The summed E-state index contributed by atoms with van der Waals surface area (Å²) in [6.45, 7) is 21.1. The summed E-state index contributed by atoms with van der Waals surface area (Å²) < 4.78 is 46.3. The summed E-state index contributed by atoms with van der Waals surface area (Å²) in [5.41, 5.74) is 0. The van der Waals surface area contributed by atoms with E-state index in [1.807, 2.05) is 0 Å². The maximum atomic E-state index is 6.95. The van der Waals surface area contributed by atoms with E-state index in [1.54, 1.807) is 0 Å². The zero-order valence-corrected chi connectivity index (χ0v) is 32.4. The highest BCUT2D eigenvalue weighted by molar-refractivity contribution is 5.09. The zero-order valence-electron chi connectivity index (χ0n) is 32.4. The molecular formula is C40H78O7. The summed E-state index contributed by atoms with van der Waals surface area (Å²) >= 11 is 0. The molecule has 0 heterocycles. The average molecular weight is 671 g/mol. The summed E-state index contributed by atoms with van der Waals surface area (Å²) in [4.78, 5) is 0. The van der Waals surface area contributed by atoms with Gasteiger partial charge in [-0.15, -0.1) is 0 Å². The predicted molar refractivity (Wildman–Crippen MR) is 196 cm³/mol. The molecule has 0 bridgehead atoms. The maximum Gasteiger partial charge on any atom is 0.223 e. The third kappa shape index (κ3) is 23.5. The minimum atomic E-state index is -0.791. The van der Waals surface area contributed by atoms with Crippen molar-refractivity contribution in [3.8, 4) is 0 Å². The van der Waals surface area contributed by atoms with Crippen LogP contribution in [0.3, 0.4) is 0 Å². The number of allylic oxidation sites excluding steroid dienone is 2. The smallest absolute Gasteiger partial charge is 0.223 e. The Morgan fingerprint density at radius 2 is 0.638 bits per heavy atom. The highest BCUT2D eigenvalue weighted by Crippen LogP contribution is 2.29. The van der Waals surface area contributed by atoms with E-state index in [-0.39, 0.29) is 0 Å². The van der Waals surface area contributed by atoms with Crippen molar-refractivity contribution in [3.63, 3.8) is 0 Å². The molecule has 2 atom stereocenters. The Labute approximate surface area is 291 Å². The van der Waals surface area contributed by atoms with Gasteiger partial charge in [-0.2, -0.15) is 0 Å². The van der Waals surface area contributed by atoms with E-state index in [9.17, 15) is 0 Å². The van der Waals surface area contributed by atoms with Gasteiger partial charge < -0.3 is 33.2 Å². The Balaban J connectivity index is 7.10. The number of hydrogen-bond acceptors (Lipinski definition) is 7. The van der Waals surface area contributed by atoms with Gasteiger partial charge in [-0.3, -0.25) is 0 Å². The van der Waals surface area contributed by atoms with Gasteiger partial charge in [-0.1, -0.05) is 120 Å². The average Bonchev–Trinajstić information content (AvgIpc) is 3.07. The molecule has 0 amide bonds. The summed E-state index contributed by atoms with van der Waals surface area (Å²) in [6, 6.07) is 0. The van der Waals surface area contributed by atoms with E-state index in [2.05, 4.69) is 55.4 Å². The van der Waals surface area contributed by atoms with E-state index in [1.165, 1.54) is 0 Å². The molecule has 280 valence electrons. The first kappa shape index (κ1) is 45.6. The van der Waals surface area contributed by atoms with Crippen LogP contribution in [-0.2, 0) is 33.2 Å². The lowest BCUT2D eigenvalue weighted by atomic mass is 10.1. The molecule has 0 aromatic heterocycles. The minimum absolute atomic E-state index is 0.548. The van der Waals surface area contributed by atoms with Gasteiger partial charge in [0.25, 0.3) is 0 Å². The molecule has 0 saturated heterocycles. The van der Waals surface area contributed by atoms with Crippen molar-refractivity contribution in [2.75, 3.05) is 39.6 Å². The summed E-state index contributed by atoms with van der Waals surface area (Å²) in [5, 5.41) is 0. The van der Waals surface area contributed by atoms with Gasteiger partial charge in [0, 0.05) is 12.8 Å². The fourth-order valence-corrected chi connectivity index (χ4v) is 4.63. The highest BCUT2D eigenvalue weighted by Gasteiger charge is 2.32. The van der Waals surface area contributed by atoms with E-state index >= 15 is 0 Å². The first-order chi connectivity index (χ1) is 23.1. The molecule has 0 aromatic rings. The van der Waals surface area contributed by atoms with Crippen LogP contribution in [0.4, 0.5) is 0 Å². The number of unbranched alkanes of at least 4 members (excludes halogenated alkanes) is 10. The van der Waals surface area contributed by atoms with Crippen LogP contribution in [0.15, 0.2) is 23.0 Å². The second-order valence-electron chi connectivity index (χ2n) is 12.5. The quantitative estimate of drug-likeness (QED) is 0.0373. The van der Waals surface area contributed by atoms with Crippen LogP contribution in [0.5, 0.6) is 0 Å². The standard InChI is InChI=1S/C40H78O7/c1-9-17-25-27-35(41-29-19-11-3)37(43-31-21-13-5)39(45-33-23-15-7)47-40(46-34-24-16-8)38(44-32-22-14-6)36(28-26-18-10-2)42-30-20-12-4/h39-40H,9-34H2,1-8H3. The summed E-state index contributed by atoms with van der Waals surface area (Å²) in [6.07, 6.45) is 18.5. The van der Waals surface area contributed by atoms with Crippen LogP contribution < -0.4 is 0 Å². The van der Waals surface area contributed by atoms with Crippen molar-refractivity contribution in [1.82, 2.24) is 0 Å². The van der Waals surface area contributed by atoms with E-state index in [4.69, 9.17) is 33.2 Å². The lowest BCUT2D eigenvalue weighted by molar-refractivity contribution is -0.243. The molecule has 0 spiro atoms. The van der Waals surface area contributed by atoms with Gasteiger partial charge in [-0.25, -0.2) is 0 Å². The van der Waals surface area contributed by atoms with Gasteiger partial charge >= 0.3 is 0 Å². The molecule has 0 rings (SSSR count). The number of hydrogen-bond donors (Lipinski definition) is 0. The molecule has 7 heteroatoms. The first-order valence-corrected chi connectivity index (χ1v) is 19.9. The van der Waals surface area contributed by atoms with Crippen LogP contribution in [0.25, 0.3) is 0 Å². The van der Waals surface area contributed by atoms with Gasteiger partial charge in [0.05, 0.1) is 39.6 Å². The molecule has 0 saturated carbocycles. The Morgan fingerprint density at radius 1 is 0.340 bits per heavy atom. The normalized spacial score (nSPS) is 14.0. The topological polar surface area (TPSA) is 64.6 Å². The van der Waals surface area contributed by atoms with Gasteiger partial charge in [0.1, 0.15) is 11.5 Å². The van der Waals surface area contributed by atoms with Crippen LogP contribution in [0.1, 0.15) is 184 Å². The van der Waals surface area contributed by atoms with Crippen LogP contribution in [0, 0.1) is 0 Å². The molecule has 0 aliphatic rings. The third-order valence-electron chi connectivity index (χ3n) is 7.83. The molecular weight excluding hydrogens is 592 g/mol. The largest absolute Gasteiger partial charge is 0.494 e. The lowest BCUT2D eigenvalue weighted by Gasteiger charge is -2.30. The van der Waals surface area contributed by atoms with E-state index < -0.39 is 12.6 Å². The molecule has 0 N–H and O–H groups in total. The zero-order chi connectivity index (χ0) is 34.8. The fraction of sp³-hybridized carbons (Fsp3) is 0.900. The van der Waals surface area contributed by atoms with Crippen molar-refractivity contribution < 1.29 is 33.2 Å². The molecule has 0 radical (unpaired) electrons. The van der Waals surface area contributed by atoms with Crippen LogP contribution in [-0.4, -0.2) is 52.2 Å². The van der Waals surface area contributed by atoms with Crippen LogP contribution in [0.2, 0.25) is 0 Å². The third-order valence-corrected chi connectivity index (χ3v) is 7.83. The lowest BCUT2D eigenvalue weighted by Crippen LogP contribution is -2.34. The van der Waals surface area contributed by atoms with Crippen molar-refractivity contribution >= 4 is 0 Å². The Morgan fingerprint density at radius 3 is 0.957 bits per heavy atom. The molecule has 0 aromatic carbocycles. The molecule has 47 heavy (non-hydrogen) atoms. The number of rotatable bonds is 36. The van der Waals surface area contributed by atoms with Crippen molar-refractivity contribution in [2.45, 2.75) is 196 Å². The number of ether oxygens (including phenoxy) is 7. The maximum absolute atomic E-state index is 6.95. The van der Waals surface area contributed by atoms with E-state index in [0.29, 0.717) is 51.2 Å². The van der Waals surface area contributed by atoms with Crippen molar-refractivity contribution in [3.05, 3.63) is 23.0 Å². The van der Waals surface area contributed by atoms with E-state index in [0.717, 1.165) is 140 Å². The second-order valence-corrected chi connectivity index (χ2v) is 12.5. The van der Waals surface area contributed by atoms with Crippen molar-refractivity contribution in [2.24, 2.45) is 0 Å². The van der Waals surface area contributed by atoms with Crippen LogP contribution >= 0.6 is 0 Å². The molecule has 0 fully saturated rings. The predicted octanol–water partition coefficient (Wildman–Crippen LogP) is 12.1. The Bertz CT molecular complexity index is 652. The SMILES string of the molecule is CCCCCC(OCCCC)=C(OCCCC)C(OCCCC)OC(OCCCC)C(OCCCC)=C(CCCCC)OCCCC. The highest BCUT2D eigenvalue weighted by atomic mass is 16.8. The monoisotopic (exact) mass is 671 g/mol. The minimum Gasteiger partial charge on any atom is -0.494 e. The summed E-state index contributed by atoms with van der Waals surface area (Å²) in [7, 11) is 0. The first-order valence-electron chi connectivity index (χ1n) is 19.9. The molecule has 2 unspecified atom stereocenters. The van der Waals surface area contributed by atoms with Gasteiger partial charge in [-0.05, 0) is 51.4 Å². The summed E-state index contributed by atoms with van der Waals surface area (Å²) in [5.74, 6) is 2.99. The Hall–Kier alpha value is -1.44. The van der Waals surface area contributed by atoms with Gasteiger partial charge in [0.2, 0.25) is 12.6 Å².